The molecular formula is C23H20FN3O. The number of nitrogens with zero attached hydrogens (tertiary/aromatic N) is 2. The molecule has 3 aromatic carbocycles. The number of rotatable bonds is 5. The summed E-state index contributed by atoms with van der Waals surface area (Å²) in [7, 11) is 0. The molecule has 0 spiro atoms. The van der Waals surface area contributed by atoms with Crippen molar-refractivity contribution in [3.05, 3.63) is 101 Å². The summed E-state index contributed by atoms with van der Waals surface area (Å²) in [6.45, 7) is 2.52. The highest BCUT2D eigenvalue weighted by molar-refractivity contribution is 5.95. The number of para-hydroxylation sites is 2. The minimum atomic E-state index is -0.254. The highest BCUT2D eigenvalue weighted by atomic mass is 19.1. The van der Waals surface area contributed by atoms with E-state index in [-0.39, 0.29) is 18.3 Å². The average molecular weight is 373 g/mol. The molecular weight excluding hydrogens is 353 g/mol. The van der Waals surface area contributed by atoms with E-state index in [2.05, 4.69) is 10.3 Å². The maximum Gasteiger partial charge on any atom is 0.251 e. The number of imidazole rings is 1. The van der Waals surface area contributed by atoms with Crippen molar-refractivity contribution in [3.63, 3.8) is 0 Å². The van der Waals surface area contributed by atoms with Crippen molar-refractivity contribution >= 4 is 16.9 Å². The standard InChI is InChI=1S/C23H20FN3O/c1-16-8-2-4-10-18(16)23(28)25-14-22-26-20-12-6-7-13-21(20)27(22)15-17-9-3-5-11-19(17)24/h2-13H,14-15H2,1H3,(H,25,28). The zero-order valence-corrected chi connectivity index (χ0v) is 15.5. The number of fused-ring (bicyclic) bond motifs is 1. The molecule has 1 N–H and O–H groups in total. The van der Waals surface area contributed by atoms with E-state index in [4.69, 9.17) is 0 Å². The first-order chi connectivity index (χ1) is 13.6. The third-order valence-corrected chi connectivity index (χ3v) is 4.82. The van der Waals surface area contributed by atoms with E-state index in [0.29, 0.717) is 23.5 Å². The first-order valence-electron chi connectivity index (χ1n) is 9.15. The van der Waals surface area contributed by atoms with Gasteiger partial charge in [0.1, 0.15) is 11.6 Å². The van der Waals surface area contributed by atoms with Crippen LogP contribution in [0, 0.1) is 12.7 Å². The van der Waals surface area contributed by atoms with Crippen molar-refractivity contribution in [1.29, 1.82) is 0 Å². The number of hydrogen-bond donors (Lipinski definition) is 1. The van der Waals surface area contributed by atoms with E-state index in [1.165, 1.54) is 6.07 Å². The SMILES string of the molecule is Cc1ccccc1C(=O)NCc1nc2ccccc2n1Cc1ccccc1F. The Labute approximate surface area is 162 Å². The molecule has 28 heavy (non-hydrogen) atoms. The molecule has 0 bridgehead atoms. The summed E-state index contributed by atoms with van der Waals surface area (Å²) in [6, 6.07) is 21.9. The maximum absolute atomic E-state index is 14.2. The molecule has 0 fully saturated rings. The molecule has 4 nitrogen and oxygen atoms in total. The minimum absolute atomic E-state index is 0.150. The number of halogens is 1. The Balaban J connectivity index is 1.64. The second-order valence-electron chi connectivity index (χ2n) is 6.69. The molecule has 0 radical (unpaired) electrons. The Hall–Kier alpha value is -3.47. The van der Waals surface area contributed by atoms with E-state index in [1.54, 1.807) is 18.2 Å². The van der Waals surface area contributed by atoms with Gasteiger partial charge in [0, 0.05) is 11.1 Å². The van der Waals surface area contributed by atoms with Crippen LogP contribution in [-0.2, 0) is 13.1 Å². The number of hydrogen-bond acceptors (Lipinski definition) is 2. The maximum atomic E-state index is 14.2. The van der Waals surface area contributed by atoms with Gasteiger partial charge >= 0.3 is 0 Å². The lowest BCUT2D eigenvalue weighted by molar-refractivity contribution is 0.0949. The summed E-state index contributed by atoms with van der Waals surface area (Å²) in [5.41, 5.74) is 3.86. The molecule has 4 aromatic rings. The quantitative estimate of drug-likeness (QED) is 0.561. The van der Waals surface area contributed by atoms with Gasteiger partial charge in [0.05, 0.1) is 24.1 Å². The van der Waals surface area contributed by atoms with Crippen LogP contribution in [0.4, 0.5) is 4.39 Å². The van der Waals surface area contributed by atoms with E-state index in [1.807, 2.05) is 60.0 Å². The van der Waals surface area contributed by atoms with Crippen LogP contribution in [-0.4, -0.2) is 15.5 Å². The summed E-state index contributed by atoms with van der Waals surface area (Å²) in [4.78, 5) is 17.2. The minimum Gasteiger partial charge on any atom is -0.345 e. The van der Waals surface area contributed by atoms with E-state index in [9.17, 15) is 9.18 Å². The van der Waals surface area contributed by atoms with Gasteiger partial charge in [0.15, 0.2) is 0 Å². The summed E-state index contributed by atoms with van der Waals surface area (Å²) >= 11 is 0. The van der Waals surface area contributed by atoms with Crippen LogP contribution in [0.25, 0.3) is 11.0 Å². The summed E-state index contributed by atoms with van der Waals surface area (Å²) in [5.74, 6) is 0.282. The zero-order valence-electron chi connectivity index (χ0n) is 15.5. The van der Waals surface area contributed by atoms with Crippen molar-refractivity contribution in [3.8, 4) is 0 Å². The molecule has 0 atom stereocenters. The van der Waals surface area contributed by atoms with Gasteiger partial charge in [-0.15, -0.1) is 0 Å². The largest absolute Gasteiger partial charge is 0.345 e. The molecule has 1 amide bonds. The average Bonchev–Trinajstić information content (AvgIpc) is 3.06. The molecule has 0 unspecified atom stereocenters. The third kappa shape index (κ3) is 3.51. The van der Waals surface area contributed by atoms with Crippen molar-refractivity contribution in [2.75, 3.05) is 0 Å². The van der Waals surface area contributed by atoms with Crippen molar-refractivity contribution in [2.24, 2.45) is 0 Å². The number of benzene rings is 3. The summed E-state index contributed by atoms with van der Waals surface area (Å²) in [6.07, 6.45) is 0. The number of amides is 1. The van der Waals surface area contributed by atoms with Crippen molar-refractivity contribution < 1.29 is 9.18 Å². The lowest BCUT2D eigenvalue weighted by atomic mass is 10.1. The summed E-state index contributed by atoms with van der Waals surface area (Å²) in [5, 5.41) is 2.94. The van der Waals surface area contributed by atoms with Crippen LogP contribution >= 0.6 is 0 Å². The number of aromatic nitrogens is 2. The first-order valence-corrected chi connectivity index (χ1v) is 9.15. The Morgan fingerprint density at radius 3 is 2.54 bits per heavy atom. The Morgan fingerprint density at radius 2 is 1.71 bits per heavy atom. The van der Waals surface area contributed by atoms with Gasteiger partial charge < -0.3 is 9.88 Å². The fourth-order valence-electron chi connectivity index (χ4n) is 3.32. The second kappa shape index (κ2) is 7.64. The molecule has 0 aliphatic heterocycles. The monoisotopic (exact) mass is 373 g/mol. The molecule has 5 heteroatoms. The first kappa shape index (κ1) is 17.9. The number of nitrogens with one attached hydrogen (secondary N) is 1. The number of carbonyl (C=O) groups is 1. The van der Waals surface area contributed by atoms with Gasteiger partial charge in [0.25, 0.3) is 5.91 Å². The van der Waals surface area contributed by atoms with Gasteiger partial charge in [-0.05, 0) is 36.8 Å². The molecule has 1 heterocycles. The number of aryl methyl sites for hydroxylation is 1. The highest BCUT2D eigenvalue weighted by Crippen LogP contribution is 2.19. The van der Waals surface area contributed by atoms with E-state index < -0.39 is 0 Å². The summed E-state index contributed by atoms with van der Waals surface area (Å²) < 4.78 is 16.1. The van der Waals surface area contributed by atoms with Crippen LogP contribution in [0.2, 0.25) is 0 Å². The fraction of sp³-hybridized carbons (Fsp3) is 0.130. The highest BCUT2D eigenvalue weighted by Gasteiger charge is 2.14. The normalized spacial score (nSPS) is 10.9. The van der Waals surface area contributed by atoms with E-state index >= 15 is 0 Å². The van der Waals surface area contributed by atoms with Crippen LogP contribution in [0.15, 0.2) is 72.8 Å². The predicted octanol–water partition coefficient (Wildman–Crippen LogP) is 4.46. The number of carbonyl (C=O) groups excluding carboxylic acids is 1. The molecule has 1 aromatic heterocycles. The Kier molecular flexibility index (Phi) is 4.89. The van der Waals surface area contributed by atoms with Crippen LogP contribution in [0.1, 0.15) is 27.3 Å². The predicted molar refractivity (Wildman–Crippen MR) is 108 cm³/mol. The lowest BCUT2D eigenvalue weighted by Gasteiger charge is -2.12. The molecule has 140 valence electrons. The van der Waals surface area contributed by atoms with Gasteiger partial charge in [-0.25, -0.2) is 9.37 Å². The Bertz CT molecular complexity index is 1150. The van der Waals surface area contributed by atoms with Crippen molar-refractivity contribution in [2.45, 2.75) is 20.0 Å². The van der Waals surface area contributed by atoms with Crippen LogP contribution in [0.5, 0.6) is 0 Å². The second-order valence-corrected chi connectivity index (χ2v) is 6.69. The third-order valence-electron chi connectivity index (χ3n) is 4.82. The topological polar surface area (TPSA) is 46.9 Å². The fourth-order valence-corrected chi connectivity index (χ4v) is 3.32. The van der Waals surface area contributed by atoms with Crippen molar-refractivity contribution in [1.82, 2.24) is 14.9 Å². The van der Waals surface area contributed by atoms with Gasteiger partial charge in [0.2, 0.25) is 0 Å². The molecule has 0 saturated carbocycles. The molecule has 0 saturated heterocycles. The smallest absolute Gasteiger partial charge is 0.251 e. The van der Waals surface area contributed by atoms with Crippen LogP contribution in [0.3, 0.4) is 0 Å². The zero-order chi connectivity index (χ0) is 19.5. The lowest BCUT2D eigenvalue weighted by Crippen LogP contribution is -2.25. The molecule has 0 aliphatic carbocycles. The van der Waals surface area contributed by atoms with Crippen LogP contribution < -0.4 is 5.32 Å². The van der Waals surface area contributed by atoms with Gasteiger partial charge in [-0.3, -0.25) is 4.79 Å². The molecule has 0 aliphatic rings. The molecule has 4 rings (SSSR count). The van der Waals surface area contributed by atoms with Gasteiger partial charge in [-0.1, -0.05) is 48.5 Å². The Morgan fingerprint density at radius 1 is 1.00 bits per heavy atom. The van der Waals surface area contributed by atoms with E-state index in [0.717, 1.165) is 16.6 Å². The van der Waals surface area contributed by atoms with Gasteiger partial charge in [-0.2, -0.15) is 0 Å².